The van der Waals surface area contributed by atoms with E-state index in [-0.39, 0.29) is 17.0 Å². The van der Waals surface area contributed by atoms with Crippen molar-refractivity contribution in [2.75, 3.05) is 0 Å². The summed E-state index contributed by atoms with van der Waals surface area (Å²) in [5.41, 5.74) is 9.18. The van der Waals surface area contributed by atoms with Gasteiger partial charge in [-0.2, -0.15) is 5.26 Å². The summed E-state index contributed by atoms with van der Waals surface area (Å²) in [4.78, 5) is 16.0. The Kier molecular flexibility index (Phi) is 3.68. The van der Waals surface area contributed by atoms with Crippen molar-refractivity contribution in [2.24, 2.45) is 5.73 Å². The summed E-state index contributed by atoms with van der Waals surface area (Å²) in [5, 5.41) is 12.6. The molecule has 1 aliphatic heterocycles. The molecule has 0 amide bonds. The molecule has 0 saturated carbocycles. The molecule has 5 rings (SSSR count). The molecule has 1 atom stereocenters. The first-order chi connectivity index (χ1) is 14.1. The zero-order chi connectivity index (χ0) is 20.1. The number of aromatic nitrogens is 1. The number of nitrogens with one attached hydrogen (secondary N) is 1. The first kappa shape index (κ1) is 17.1. The van der Waals surface area contributed by atoms with E-state index in [1.165, 1.54) is 0 Å². The molecule has 29 heavy (non-hydrogen) atoms. The average Bonchev–Trinajstić information content (AvgIpc) is 2.72. The molecule has 1 aliphatic rings. The maximum absolute atomic E-state index is 13.0. The van der Waals surface area contributed by atoms with Crippen LogP contribution in [-0.2, 0) is 0 Å². The van der Waals surface area contributed by atoms with Gasteiger partial charge >= 0.3 is 0 Å². The summed E-state index contributed by atoms with van der Waals surface area (Å²) in [7, 11) is 0. The topological polar surface area (TPSA) is 91.9 Å². The van der Waals surface area contributed by atoms with E-state index >= 15 is 0 Å². The Balaban J connectivity index is 1.83. The summed E-state index contributed by atoms with van der Waals surface area (Å²) in [6, 6.07) is 21.6. The van der Waals surface area contributed by atoms with E-state index in [2.05, 4.69) is 11.1 Å². The number of allylic oxidation sites excluding steroid dienone is 1. The minimum Gasteiger partial charge on any atom is -0.440 e. The van der Waals surface area contributed by atoms with Crippen molar-refractivity contribution in [3.05, 3.63) is 99.2 Å². The Hall–Kier alpha value is -4.04. The fourth-order valence-corrected chi connectivity index (χ4v) is 4.05. The van der Waals surface area contributed by atoms with Crippen LogP contribution in [0.2, 0.25) is 0 Å². The van der Waals surface area contributed by atoms with Crippen LogP contribution >= 0.6 is 0 Å². The standard InChI is InChI=1S/C24H17N3O2/c1-13-6-7-15-11-18(24(28)27-20(15)10-13)21-17-9-8-14-4-2-3-5-16(14)22(17)29-23(26)19(21)12-25/h2-11,21H,26H2,1H3,(H,27,28)/t21-/m0/s1. The number of nitrogens with zero attached hydrogens (tertiary/aromatic N) is 1. The second-order valence-corrected chi connectivity index (χ2v) is 7.27. The molecule has 0 fully saturated rings. The van der Waals surface area contributed by atoms with Crippen LogP contribution in [0.25, 0.3) is 21.7 Å². The molecule has 0 bridgehead atoms. The lowest BCUT2D eigenvalue weighted by Crippen LogP contribution is -2.25. The number of nitriles is 1. The molecule has 0 radical (unpaired) electrons. The lowest BCUT2D eigenvalue weighted by atomic mass is 9.82. The number of pyridine rings is 1. The number of ether oxygens (including phenoxy) is 1. The minimum absolute atomic E-state index is 0.0322. The van der Waals surface area contributed by atoms with Gasteiger partial charge in [0.1, 0.15) is 17.4 Å². The first-order valence-corrected chi connectivity index (χ1v) is 9.29. The fraction of sp³-hybridized carbons (Fsp3) is 0.0833. The molecule has 1 aromatic heterocycles. The van der Waals surface area contributed by atoms with Gasteiger partial charge < -0.3 is 15.5 Å². The van der Waals surface area contributed by atoms with Gasteiger partial charge in [-0.3, -0.25) is 4.79 Å². The third-order valence-electron chi connectivity index (χ3n) is 5.45. The summed E-state index contributed by atoms with van der Waals surface area (Å²) < 4.78 is 5.87. The molecule has 0 unspecified atom stereocenters. The van der Waals surface area contributed by atoms with Crippen molar-refractivity contribution in [1.29, 1.82) is 5.26 Å². The third-order valence-corrected chi connectivity index (χ3v) is 5.45. The minimum atomic E-state index is -0.595. The molecule has 5 nitrogen and oxygen atoms in total. The van der Waals surface area contributed by atoms with E-state index in [1.54, 1.807) is 0 Å². The van der Waals surface area contributed by atoms with E-state index in [4.69, 9.17) is 10.5 Å². The maximum Gasteiger partial charge on any atom is 0.252 e. The Morgan fingerprint density at radius 2 is 1.83 bits per heavy atom. The first-order valence-electron chi connectivity index (χ1n) is 9.29. The Bertz CT molecular complexity index is 1440. The highest BCUT2D eigenvalue weighted by Gasteiger charge is 2.33. The van der Waals surface area contributed by atoms with E-state index in [1.807, 2.05) is 67.6 Å². The van der Waals surface area contributed by atoms with Crippen molar-refractivity contribution >= 4 is 21.7 Å². The highest BCUT2D eigenvalue weighted by molar-refractivity contribution is 5.91. The van der Waals surface area contributed by atoms with Crippen LogP contribution in [0.15, 0.2) is 76.9 Å². The van der Waals surface area contributed by atoms with Gasteiger partial charge in [0.25, 0.3) is 5.56 Å². The van der Waals surface area contributed by atoms with Gasteiger partial charge in [0.05, 0.1) is 5.92 Å². The van der Waals surface area contributed by atoms with Gasteiger partial charge in [0.2, 0.25) is 5.88 Å². The van der Waals surface area contributed by atoms with Gasteiger partial charge in [0.15, 0.2) is 0 Å². The average molecular weight is 379 g/mol. The van der Waals surface area contributed by atoms with Crippen molar-refractivity contribution in [1.82, 2.24) is 4.98 Å². The smallest absolute Gasteiger partial charge is 0.252 e. The van der Waals surface area contributed by atoms with Crippen LogP contribution in [0.4, 0.5) is 0 Å². The molecule has 2 heterocycles. The van der Waals surface area contributed by atoms with Crippen LogP contribution in [0.1, 0.15) is 22.6 Å². The number of fused-ring (bicyclic) bond motifs is 4. The molecule has 4 aromatic rings. The normalized spacial score (nSPS) is 15.8. The second-order valence-electron chi connectivity index (χ2n) is 7.27. The van der Waals surface area contributed by atoms with E-state index in [0.29, 0.717) is 11.3 Å². The van der Waals surface area contributed by atoms with Gasteiger partial charge in [-0.25, -0.2) is 0 Å². The second kappa shape index (κ2) is 6.25. The number of H-pyrrole nitrogens is 1. The molecular weight excluding hydrogens is 362 g/mol. The molecular formula is C24H17N3O2. The number of aromatic amines is 1. The summed E-state index contributed by atoms with van der Waals surface area (Å²) in [6.07, 6.45) is 0. The Morgan fingerprint density at radius 1 is 1.03 bits per heavy atom. The third kappa shape index (κ3) is 2.58. The van der Waals surface area contributed by atoms with E-state index < -0.39 is 5.92 Å². The predicted molar refractivity (Wildman–Crippen MR) is 113 cm³/mol. The molecule has 3 N–H and O–H groups in total. The molecule has 140 valence electrons. The number of nitrogens with two attached hydrogens (primary N) is 1. The highest BCUT2D eigenvalue weighted by Crippen LogP contribution is 2.44. The van der Waals surface area contributed by atoms with E-state index in [0.717, 1.165) is 32.8 Å². The van der Waals surface area contributed by atoms with Crippen LogP contribution < -0.4 is 16.0 Å². The zero-order valence-corrected chi connectivity index (χ0v) is 15.7. The maximum atomic E-state index is 13.0. The lowest BCUT2D eigenvalue weighted by molar-refractivity contribution is 0.398. The van der Waals surface area contributed by atoms with E-state index in [9.17, 15) is 10.1 Å². The predicted octanol–water partition coefficient (Wildman–Crippen LogP) is 4.21. The van der Waals surface area contributed by atoms with Crippen LogP contribution in [0.5, 0.6) is 5.75 Å². The van der Waals surface area contributed by atoms with Crippen molar-refractivity contribution in [2.45, 2.75) is 12.8 Å². The fourth-order valence-electron chi connectivity index (χ4n) is 4.05. The Labute approximate surface area is 166 Å². The summed E-state index contributed by atoms with van der Waals surface area (Å²) in [6.45, 7) is 1.97. The van der Waals surface area contributed by atoms with Gasteiger partial charge in [-0.1, -0.05) is 48.5 Å². The lowest BCUT2D eigenvalue weighted by Gasteiger charge is -2.27. The molecule has 5 heteroatoms. The van der Waals surface area contributed by atoms with Gasteiger partial charge in [-0.05, 0) is 35.4 Å². The molecule has 3 aromatic carbocycles. The largest absolute Gasteiger partial charge is 0.440 e. The van der Waals surface area contributed by atoms with Crippen LogP contribution in [0, 0.1) is 18.3 Å². The van der Waals surface area contributed by atoms with Gasteiger partial charge in [0, 0.05) is 22.0 Å². The number of rotatable bonds is 1. The molecule has 0 spiro atoms. The number of hydrogen-bond donors (Lipinski definition) is 2. The Morgan fingerprint density at radius 3 is 2.66 bits per heavy atom. The van der Waals surface area contributed by atoms with Crippen molar-refractivity contribution in [3.8, 4) is 11.8 Å². The highest BCUT2D eigenvalue weighted by atomic mass is 16.5. The number of benzene rings is 3. The zero-order valence-electron chi connectivity index (χ0n) is 15.7. The molecule has 0 aliphatic carbocycles. The quantitative estimate of drug-likeness (QED) is 0.518. The number of aryl methyl sites for hydroxylation is 1. The van der Waals surface area contributed by atoms with Gasteiger partial charge in [-0.15, -0.1) is 0 Å². The van der Waals surface area contributed by atoms with Crippen molar-refractivity contribution in [3.63, 3.8) is 0 Å². The summed E-state index contributed by atoms with van der Waals surface area (Å²) in [5.74, 6) is 0.0283. The summed E-state index contributed by atoms with van der Waals surface area (Å²) >= 11 is 0. The van der Waals surface area contributed by atoms with Crippen molar-refractivity contribution < 1.29 is 4.74 Å². The molecule has 0 saturated heterocycles. The number of hydrogen-bond acceptors (Lipinski definition) is 4. The van der Waals surface area contributed by atoms with Crippen LogP contribution in [-0.4, -0.2) is 4.98 Å². The monoisotopic (exact) mass is 379 g/mol. The SMILES string of the molecule is Cc1ccc2cc([C@H]3C(C#N)=C(N)Oc4c3ccc3ccccc43)c(=O)[nH]c2c1. The van der Waals surface area contributed by atoms with Crippen LogP contribution in [0.3, 0.4) is 0 Å².